The number of aromatic nitrogens is 1. The van der Waals surface area contributed by atoms with Crippen LogP contribution in [0.3, 0.4) is 0 Å². The van der Waals surface area contributed by atoms with E-state index in [9.17, 15) is 0 Å². The molecule has 1 N–H and O–H groups in total. The van der Waals surface area contributed by atoms with Crippen LogP contribution in [0.25, 0.3) is 0 Å². The quantitative estimate of drug-likeness (QED) is 0.906. The van der Waals surface area contributed by atoms with Crippen molar-refractivity contribution < 1.29 is 0 Å². The molecule has 0 saturated carbocycles. The van der Waals surface area contributed by atoms with Crippen molar-refractivity contribution in [1.82, 2.24) is 15.2 Å². The Balaban J connectivity index is 2.00. The number of rotatable bonds is 5. The van der Waals surface area contributed by atoms with Gasteiger partial charge in [-0.1, -0.05) is 6.92 Å². The second kappa shape index (κ2) is 7.22. The summed E-state index contributed by atoms with van der Waals surface area (Å²) in [5.41, 5.74) is 1.30. The normalized spacial score (nSPS) is 17.3. The van der Waals surface area contributed by atoms with Gasteiger partial charge >= 0.3 is 0 Å². The average Bonchev–Trinajstić information content (AvgIpc) is 2.39. The predicted octanol–water partition coefficient (Wildman–Crippen LogP) is 2.81. The Morgan fingerprint density at radius 1 is 1.39 bits per heavy atom. The molecule has 0 bridgehead atoms. The van der Waals surface area contributed by atoms with E-state index in [0.29, 0.717) is 0 Å². The highest BCUT2D eigenvalue weighted by atomic mass is 79.9. The van der Waals surface area contributed by atoms with E-state index in [0.717, 1.165) is 30.1 Å². The van der Waals surface area contributed by atoms with E-state index in [4.69, 9.17) is 0 Å². The first-order valence-corrected chi connectivity index (χ1v) is 7.63. The van der Waals surface area contributed by atoms with Gasteiger partial charge in [0.25, 0.3) is 0 Å². The molecule has 0 aromatic carbocycles. The third kappa shape index (κ3) is 4.04. The number of hydrogen-bond donors (Lipinski definition) is 1. The Labute approximate surface area is 118 Å². The SMILES string of the molecule is CCCN(Cc1cncc(Br)c1)C1CCNCC1. The predicted molar refractivity (Wildman–Crippen MR) is 78.5 cm³/mol. The van der Waals surface area contributed by atoms with Crippen LogP contribution in [0.2, 0.25) is 0 Å². The van der Waals surface area contributed by atoms with Crippen molar-refractivity contribution in [3.63, 3.8) is 0 Å². The van der Waals surface area contributed by atoms with Crippen molar-refractivity contribution in [1.29, 1.82) is 0 Å². The Kier molecular flexibility index (Phi) is 5.60. The molecule has 4 heteroatoms. The summed E-state index contributed by atoms with van der Waals surface area (Å²) in [5, 5.41) is 3.44. The van der Waals surface area contributed by atoms with Crippen molar-refractivity contribution in [3.05, 3.63) is 28.5 Å². The molecule has 1 aromatic heterocycles. The van der Waals surface area contributed by atoms with Crippen molar-refractivity contribution >= 4 is 15.9 Å². The number of hydrogen-bond acceptors (Lipinski definition) is 3. The number of pyridine rings is 1. The maximum Gasteiger partial charge on any atom is 0.0410 e. The van der Waals surface area contributed by atoms with E-state index in [2.05, 4.69) is 44.1 Å². The fourth-order valence-corrected chi connectivity index (χ4v) is 3.04. The highest BCUT2D eigenvalue weighted by Gasteiger charge is 2.20. The Morgan fingerprint density at radius 3 is 2.83 bits per heavy atom. The van der Waals surface area contributed by atoms with Gasteiger partial charge in [-0.3, -0.25) is 9.88 Å². The van der Waals surface area contributed by atoms with Gasteiger partial charge in [-0.05, 0) is 66.5 Å². The highest BCUT2D eigenvalue weighted by Crippen LogP contribution is 2.17. The van der Waals surface area contributed by atoms with Crippen molar-refractivity contribution in [2.45, 2.75) is 38.8 Å². The number of nitrogens with one attached hydrogen (secondary N) is 1. The molecule has 3 nitrogen and oxygen atoms in total. The maximum absolute atomic E-state index is 4.26. The van der Waals surface area contributed by atoms with E-state index in [1.807, 2.05) is 12.4 Å². The summed E-state index contributed by atoms with van der Waals surface area (Å²) >= 11 is 3.50. The molecular weight excluding hydrogens is 290 g/mol. The summed E-state index contributed by atoms with van der Waals surface area (Å²) in [4.78, 5) is 6.87. The summed E-state index contributed by atoms with van der Waals surface area (Å²) in [6.07, 6.45) is 7.57. The molecule has 1 aromatic rings. The fourth-order valence-electron chi connectivity index (χ4n) is 2.63. The third-order valence-corrected chi connectivity index (χ3v) is 3.92. The lowest BCUT2D eigenvalue weighted by atomic mass is 10.0. The molecule has 0 amide bonds. The van der Waals surface area contributed by atoms with Crippen LogP contribution in [0.1, 0.15) is 31.7 Å². The van der Waals surface area contributed by atoms with Crippen LogP contribution in [0.15, 0.2) is 22.9 Å². The first-order chi connectivity index (χ1) is 8.79. The summed E-state index contributed by atoms with van der Waals surface area (Å²) in [5.74, 6) is 0. The summed E-state index contributed by atoms with van der Waals surface area (Å²) < 4.78 is 1.07. The van der Waals surface area contributed by atoms with Crippen molar-refractivity contribution in [2.24, 2.45) is 0 Å². The van der Waals surface area contributed by atoms with Crippen LogP contribution in [-0.4, -0.2) is 35.6 Å². The monoisotopic (exact) mass is 311 g/mol. The van der Waals surface area contributed by atoms with Crippen LogP contribution < -0.4 is 5.32 Å². The Morgan fingerprint density at radius 2 is 2.17 bits per heavy atom. The first kappa shape index (κ1) is 14.0. The fraction of sp³-hybridized carbons (Fsp3) is 0.643. The zero-order valence-electron chi connectivity index (χ0n) is 11.0. The maximum atomic E-state index is 4.26. The zero-order valence-corrected chi connectivity index (χ0v) is 12.6. The van der Waals surface area contributed by atoms with Crippen LogP contribution in [0, 0.1) is 0 Å². The smallest absolute Gasteiger partial charge is 0.0410 e. The van der Waals surface area contributed by atoms with E-state index in [-0.39, 0.29) is 0 Å². The molecule has 1 aliphatic heterocycles. The molecule has 1 fully saturated rings. The number of piperidine rings is 1. The molecule has 1 aliphatic rings. The largest absolute Gasteiger partial charge is 0.317 e. The lowest BCUT2D eigenvalue weighted by Gasteiger charge is -2.34. The molecular formula is C14H22BrN3. The lowest BCUT2D eigenvalue weighted by Crippen LogP contribution is -2.43. The van der Waals surface area contributed by atoms with E-state index >= 15 is 0 Å². The van der Waals surface area contributed by atoms with Gasteiger partial charge in [-0.25, -0.2) is 0 Å². The minimum Gasteiger partial charge on any atom is -0.317 e. The number of nitrogens with zero attached hydrogens (tertiary/aromatic N) is 2. The molecule has 1 saturated heterocycles. The molecule has 0 spiro atoms. The van der Waals surface area contributed by atoms with Crippen molar-refractivity contribution in [3.8, 4) is 0 Å². The van der Waals surface area contributed by atoms with Gasteiger partial charge in [0, 0.05) is 29.5 Å². The van der Waals surface area contributed by atoms with Gasteiger partial charge in [-0.15, -0.1) is 0 Å². The Hall–Kier alpha value is -0.450. The molecule has 0 atom stereocenters. The second-order valence-electron chi connectivity index (χ2n) is 4.96. The highest BCUT2D eigenvalue weighted by molar-refractivity contribution is 9.10. The van der Waals surface area contributed by atoms with Gasteiger partial charge < -0.3 is 5.32 Å². The van der Waals surface area contributed by atoms with Crippen LogP contribution >= 0.6 is 15.9 Å². The molecule has 0 aliphatic carbocycles. The van der Waals surface area contributed by atoms with Crippen LogP contribution in [0.5, 0.6) is 0 Å². The molecule has 0 radical (unpaired) electrons. The van der Waals surface area contributed by atoms with Gasteiger partial charge in [-0.2, -0.15) is 0 Å². The second-order valence-corrected chi connectivity index (χ2v) is 5.88. The molecule has 2 heterocycles. The van der Waals surface area contributed by atoms with Gasteiger partial charge in [0.05, 0.1) is 0 Å². The van der Waals surface area contributed by atoms with E-state index < -0.39 is 0 Å². The average molecular weight is 312 g/mol. The molecule has 2 rings (SSSR count). The Bertz CT molecular complexity index is 364. The van der Waals surface area contributed by atoms with E-state index in [1.54, 1.807) is 0 Å². The lowest BCUT2D eigenvalue weighted by molar-refractivity contribution is 0.154. The first-order valence-electron chi connectivity index (χ1n) is 6.83. The summed E-state index contributed by atoms with van der Waals surface area (Å²) in [6, 6.07) is 2.90. The van der Waals surface area contributed by atoms with Crippen LogP contribution in [0.4, 0.5) is 0 Å². The summed E-state index contributed by atoms with van der Waals surface area (Å²) in [6.45, 7) is 6.76. The minimum atomic E-state index is 0.727. The van der Waals surface area contributed by atoms with Gasteiger partial charge in [0.2, 0.25) is 0 Å². The zero-order chi connectivity index (χ0) is 12.8. The standard InChI is InChI=1S/C14H22BrN3/c1-2-7-18(14-3-5-16-6-4-14)11-12-8-13(15)10-17-9-12/h8-10,14,16H,2-7,11H2,1H3. The molecule has 0 unspecified atom stereocenters. The van der Waals surface area contributed by atoms with Crippen LogP contribution in [-0.2, 0) is 6.54 Å². The minimum absolute atomic E-state index is 0.727. The topological polar surface area (TPSA) is 28.2 Å². The van der Waals surface area contributed by atoms with Gasteiger partial charge in [0.15, 0.2) is 0 Å². The molecule has 18 heavy (non-hydrogen) atoms. The van der Waals surface area contributed by atoms with Gasteiger partial charge in [0.1, 0.15) is 0 Å². The third-order valence-electron chi connectivity index (χ3n) is 3.48. The number of halogens is 1. The molecule has 100 valence electrons. The van der Waals surface area contributed by atoms with Crippen molar-refractivity contribution in [2.75, 3.05) is 19.6 Å². The summed E-state index contributed by atoms with van der Waals surface area (Å²) in [7, 11) is 0. The van der Waals surface area contributed by atoms with E-state index in [1.165, 1.54) is 31.4 Å².